The quantitative estimate of drug-likeness (QED) is 0.433. The SMILES string of the molecule is CCCNC(=O)C1CCN(C(C)C(=O)Nc2c(F)c(F)c(F)c(F)c2F)CC1. The van der Waals surface area contributed by atoms with Crippen LogP contribution < -0.4 is 10.6 Å². The second kappa shape index (κ2) is 9.31. The average molecular weight is 407 g/mol. The first-order valence-electron chi connectivity index (χ1n) is 9.03. The summed E-state index contributed by atoms with van der Waals surface area (Å²) < 4.78 is 67.0. The summed E-state index contributed by atoms with van der Waals surface area (Å²) in [7, 11) is 0. The van der Waals surface area contributed by atoms with Crippen molar-refractivity contribution in [3.8, 4) is 0 Å². The lowest BCUT2D eigenvalue weighted by atomic mass is 9.95. The van der Waals surface area contributed by atoms with Gasteiger partial charge in [0, 0.05) is 12.5 Å². The van der Waals surface area contributed by atoms with Gasteiger partial charge in [0.2, 0.25) is 17.6 Å². The molecule has 0 aliphatic carbocycles. The molecule has 1 unspecified atom stereocenters. The van der Waals surface area contributed by atoms with Gasteiger partial charge < -0.3 is 10.6 Å². The highest BCUT2D eigenvalue weighted by Gasteiger charge is 2.32. The average Bonchev–Trinajstić information content (AvgIpc) is 2.71. The predicted octanol–water partition coefficient (Wildman–Crippen LogP) is 2.95. The van der Waals surface area contributed by atoms with Crippen LogP contribution in [0.25, 0.3) is 0 Å². The third-order valence-electron chi connectivity index (χ3n) is 4.83. The Labute approximate surface area is 159 Å². The zero-order valence-electron chi connectivity index (χ0n) is 15.6. The Morgan fingerprint density at radius 2 is 1.50 bits per heavy atom. The zero-order valence-corrected chi connectivity index (χ0v) is 15.6. The lowest BCUT2D eigenvalue weighted by molar-refractivity contribution is -0.127. The molecular weight excluding hydrogens is 385 g/mol. The van der Waals surface area contributed by atoms with Crippen molar-refractivity contribution in [2.45, 2.75) is 39.2 Å². The standard InChI is InChI=1S/C18H22F5N3O2/c1-3-6-24-18(28)10-4-7-26(8-5-10)9(2)17(27)25-16-14(22)12(20)11(19)13(21)15(16)23/h9-10H,3-8H2,1-2H3,(H,24,28)(H,25,27). The molecule has 1 saturated heterocycles. The minimum atomic E-state index is -2.29. The fourth-order valence-electron chi connectivity index (χ4n) is 3.05. The molecule has 10 heteroatoms. The van der Waals surface area contributed by atoms with E-state index in [2.05, 4.69) is 5.32 Å². The van der Waals surface area contributed by atoms with E-state index < -0.39 is 46.7 Å². The van der Waals surface area contributed by atoms with Crippen LogP contribution in [-0.4, -0.2) is 42.4 Å². The topological polar surface area (TPSA) is 61.4 Å². The van der Waals surface area contributed by atoms with Crippen LogP contribution in [0.4, 0.5) is 27.6 Å². The number of carbonyl (C=O) groups is 2. The van der Waals surface area contributed by atoms with Gasteiger partial charge in [-0.1, -0.05) is 6.92 Å². The van der Waals surface area contributed by atoms with Crippen LogP contribution in [0.1, 0.15) is 33.1 Å². The summed E-state index contributed by atoms with van der Waals surface area (Å²) in [5, 5.41) is 4.60. The number of amides is 2. The molecule has 28 heavy (non-hydrogen) atoms. The molecule has 1 aromatic carbocycles. The molecule has 0 radical (unpaired) electrons. The third-order valence-corrected chi connectivity index (χ3v) is 4.83. The molecule has 2 rings (SSSR count). The largest absolute Gasteiger partial charge is 0.356 e. The van der Waals surface area contributed by atoms with Gasteiger partial charge in [-0.3, -0.25) is 14.5 Å². The predicted molar refractivity (Wildman–Crippen MR) is 91.9 cm³/mol. The molecular formula is C18H22F5N3O2. The highest BCUT2D eigenvalue weighted by molar-refractivity contribution is 5.94. The summed E-state index contributed by atoms with van der Waals surface area (Å²) >= 11 is 0. The molecule has 0 saturated carbocycles. The van der Waals surface area contributed by atoms with E-state index in [1.165, 1.54) is 6.92 Å². The summed E-state index contributed by atoms with van der Waals surface area (Å²) in [5.74, 6) is -11.9. The second-order valence-electron chi connectivity index (χ2n) is 6.71. The highest BCUT2D eigenvalue weighted by Crippen LogP contribution is 2.28. The lowest BCUT2D eigenvalue weighted by Gasteiger charge is -2.34. The summed E-state index contributed by atoms with van der Waals surface area (Å²) in [4.78, 5) is 25.9. The number of benzene rings is 1. The number of piperidine rings is 1. The Morgan fingerprint density at radius 3 is 2.00 bits per heavy atom. The summed E-state index contributed by atoms with van der Waals surface area (Å²) in [6.07, 6.45) is 1.81. The van der Waals surface area contributed by atoms with Crippen LogP contribution in [0.15, 0.2) is 0 Å². The van der Waals surface area contributed by atoms with E-state index in [0.29, 0.717) is 32.5 Å². The molecule has 1 atom stereocenters. The molecule has 1 aromatic rings. The van der Waals surface area contributed by atoms with E-state index in [9.17, 15) is 31.5 Å². The number of rotatable bonds is 6. The third kappa shape index (κ3) is 4.60. The first-order chi connectivity index (χ1) is 13.2. The van der Waals surface area contributed by atoms with Gasteiger partial charge in [0.15, 0.2) is 23.3 Å². The maximum absolute atomic E-state index is 13.7. The van der Waals surface area contributed by atoms with E-state index >= 15 is 0 Å². The van der Waals surface area contributed by atoms with Gasteiger partial charge in [0.25, 0.3) is 0 Å². The van der Waals surface area contributed by atoms with Crippen molar-refractivity contribution < 1.29 is 31.5 Å². The van der Waals surface area contributed by atoms with E-state index in [1.54, 1.807) is 10.2 Å². The van der Waals surface area contributed by atoms with Gasteiger partial charge in [0.05, 0.1) is 6.04 Å². The Morgan fingerprint density at radius 1 is 1.00 bits per heavy atom. The maximum Gasteiger partial charge on any atom is 0.241 e. The summed E-state index contributed by atoms with van der Waals surface area (Å²) in [6, 6.07) is -0.880. The van der Waals surface area contributed by atoms with Crippen LogP contribution >= 0.6 is 0 Å². The fourth-order valence-corrected chi connectivity index (χ4v) is 3.05. The molecule has 1 fully saturated rings. The molecule has 2 amide bonds. The first-order valence-corrected chi connectivity index (χ1v) is 9.03. The summed E-state index contributed by atoms with van der Waals surface area (Å²) in [5.41, 5.74) is -1.37. The molecule has 0 bridgehead atoms. The number of hydrogen-bond donors (Lipinski definition) is 2. The van der Waals surface area contributed by atoms with Crippen molar-refractivity contribution in [2.24, 2.45) is 5.92 Å². The zero-order chi connectivity index (χ0) is 21.0. The number of likely N-dealkylation sites (tertiary alicyclic amines) is 1. The normalized spacial score (nSPS) is 16.7. The van der Waals surface area contributed by atoms with Crippen LogP contribution in [0.2, 0.25) is 0 Å². The van der Waals surface area contributed by atoms with Crippen LogP contribution in [0.5, 0.6) is 0 Å². The molecule has 0 spiro atoms. The van der Waals surface area contributed by atoms with Crippen molar-refractivity contribution in [3.63, 3.8) is 0 Å². The molecule has 1 heterocycles. The van der Waals surface area contributed by atoms with Crippen LogP contribution in [0.3, 0.4) is 0 Å². The van der Waals surface area contributed by atoms with Gasteiger partial charge >= 0.3 is 0 Å². The molecule has 1 aliphatic heterocycles. The van der Waals surface area contributed by atoms with Crippen LogP contribution in [0, 0.1) is 35.0 Å². The van der Waals surface area contributed by atoms with Gasteiger partial charge in [-0.25, -0.2) is 22.0 Å². The van der Waals surface area contributed by atoms with Crippen molar-refractivity contribution >= 4 is 17.5 Å². The molecule has 2 N–H and O–H groups in total. The lowest BCUT2D eigenvalue weighted by Crippen LogP contribution is -2.48. The number of nitrogens with zero attached hydrogens (tertiary/aromatic N) is 1. The van der Waals surface area contributed by atoms with Crippen molar-refractivity contribution in [3.05, 3.63) is 29.1 Å². The molecule has 156 valence electrons. The summed E-state index contributed by atoms with van der Waals surface area (Å²) in [6.45, 7) is 4.75. The van der Waals surface area contributed by atoms with Gasteiger partial charge in [0.1, 0.15) is 5.69 Å². The van der Waals surface area contributed by atoms with Crippen LogP contribution in [-0.2, 0) is 9.59 Å². The van der Waals surface area contributed by atoms with Gasteiger partial charge in [-0.2, -0.15) is 0 Å². The van der Waals surface area contributed by atoms with E-state index in [0.717, 1.165) is 6.42 Å². The monoisotopic (exact) mass is 407 g/mol. The number of hydrogen-bond acceptors (Lipinski definition) is 3. The fraction of sp³-hybridized carbons (Fsp3) is 0.556. The number of halogens is 5. The second-order valence-corrected chi connectivity index (χ2v) is 6.71. The number of nitrogens with one attached hydrogen (secondary N) is 2. The molecule has 1 aliphatic rings. The van der Waals surface area contributed by atoms with E-state index in [4.69, 9.17) is 0 Å². The minimum Gasteiger partial charge on any atom is -0.356 e. The molecule has 5 nitrogen and oxygen atoms in total. The van der Waals surface area contributed by atoms with Gasteiger partial charge in [-0.05, 0) is 39.3 Å². The Bertz CT molecular complexity index is 722. The van der Waals surface area contributed by atoms with Crippen molar-refractivity contribution in [1.82, 2.24) is 10.2 Å². The van der Waals surface area contributed by atoms with E-state index in [-0.39, 0.29) is 11.8 Å². The van der Waals surface area contributed by atoms with Crippen molar-refractivity contribution in [1.29, 1.82) is 0 Å². The number of carbonyl (C=O) groups excluding carboxylic acids is 2. The Hall–Kier alpha value is -2.23. The Kier molecular flexibility index (Phi) is 7.34. The van der Waals surface area contributed by atoms with Crippen molar-refractivity contribution in [2.75, 3.05) is 25.0 Å². The Balaban J connectivity index is 2.01. The van der Waals surface area contributed by atoms with E-state index in [1.807, 2.05) is 6.92 Å². The minimum absolute atomic E-state index is 0.0555. The first kappa shape index (κ1) is 22.1. The van der Waals surface area contributed by atoms with Gasteiger partial charge in [-0.15, -0.1) is 0 Å². The highest BCUT2D eigenvalue weighted by atomic mass is 19.2. The number of anilines is 1. The smallest absolute Gasteiger partial charge is 0.241 e. The maximum atomic E-state index is 13.7. The molecule has 0 aromatic heterocycles.